The van der Waals surface area contributed by atoms with Crippen LogP contribution in [0.25, 0.3) is 0 Å². The molecule has 2 aliphatic rings. The molecule has 0 saturated carbocycles. The van der Waals surface area contributed by atoms with Gasteiger partial charge in [0.25, 0.3) is 0 Å². The fourth-order valence-corrected chi connectivity index (χ4v) is 3.47. The van der Waals surface area contributed by atoms with E-state index in [1.807, 2.05) is 16.7 Å². The number of nitriles is 1. The zero-order chi connectivity index (χ0) is 13.5. The molecule has 1 unspecified atom stereocenters. The van der Waals surface area contributed by atoms with E-state index in [9.17, 15) is 4.79 Å². The van der Waals surface area contributed by atoms with Crippen LogP contribution in [0.15, 0.2) is 0 Å². The van der Waals surface area contributed by atoms with Crippen LogP contribution in [0.5, 0.6) is 0 Å². The average molecular weight is 282 g/mol. The van der Waals surface area contributed by atoms with Gasteiger partial charge in [-0.15, -0.1) is 0 Å². The van der Waals surface area contributed by atoms with Crippen molar-refractivity contribution in [2.24, 2.45) is 0 Å². The van der Waals surface area contributed by atoms with Crippen molar-refractivity contribution in [2.45, 2.75) is 18.9 Å². The van der Waals surface area contributed by atoms with Crippen molar-refractivity contribution in [1.82, 2.24) is 15.1 Å². The first kappa shape index (κ1) is 14.6. The third-order valence-electron chi connectivity index (χ3n) is 3.68. The summed E-state index contributed by atoms with van der Waals surface area (Å²) in [5.41, 5.74) is 0. The van der Waals surface area contributed by atoms with Gasteiger partial charge in [0, 0.05) is 69.7 Å². The van der Waals surface area contributed by atoms with E-state index in [1.54, 1.807) is 0 Å². The molecule has 0 aromatic heterocycles. The van der Waals surface area contributed by atoms with Gasteiger partial charge in [-0.05, 0) is 0 Å². The third kappa shape index (κ3) is 4.68. The highest BCUT2D eigenvalue weighted by Gasteiger charge is 2.24. The van der Waals surface area contributed by atoms with Crippen LogP contribution in [-0.2, 0) is 4.79 Å². The molecule has 0 aromatic rings. The second kappa shape index (κ2) is 7.73. The number of nitrogens with zero attached hydrogens (tertiary/aromatic N) is 3. The number of carbonyl (C=O) groups excluding carboxylic acids is 1. The van der Waals surface area contributed by atoms with Crippen molar-refractivity contribution in [3.8, 4) is 6.07 Å². The Labute approximate surface area is 119 Å². The van der Waals surface area contributed by atoms with Gasteiger partial charge in [-0.25, -0.2) is 0 Å². The zero-order valence-corrected chi connectivity index (χ0v) is 12.1. The first-order valence-electron chi connectivity index (χ1n) is 6.98. The third-order valence-corrected chi connectivity index (χ3v) is 4.82. The van der Waals surface area contributed by atoms with Crippen LogP contribution in [0.4, 0.5) is 0 Å². The highest BCUT2D eigenvalue weighted by atomic mass is 32.2. The minimum atomic E-state index is 0.278. The first-order valence-corrected chi connectivity index (χ1v) is 8.13. The van der Waals surface area contributed by atoms with Gasteiger partial charge in [0.2, 0.25) is 5.91 Å². The minimum Gasteiger partial charge on any atom is -0.340 e. The lowest BCUT2D eigenvalue weighted by Gasteiger charge is -2.35. The summed E-state index contributed by atoms with van der Waals surface area (Å²) in [4.78, 5) is 16.4. The molecule has 6 heteroatoms. The smallest absolute Gasteiger partial charge is 0.224 e. The van der Waals surface area contributed by atoms with E-state index in [1.165, 1.54) is 0 Å². The topological polar surface area (TPSA) is 59.4 Å². The molecule has 5 nitrogen and oxygen atoms in total. The molecule has 1 atom stereocenters. The van der Waals surface area contributed by atoms with Crippen molar-refractivity contribution in [3.05, 3.63) is 0 Å². The molecule has 106 valence electrons. The number of amides is 1. The van der Waals surface area contributed by atoms with Gasteiger partial charge in [0.1, 0.15) is 0 Å². The summed E-state index contributed by atoms with van der Waals surface area (Å²) in [5, 5.41) is 12.0. The average Bonchev–Trinajstić information content (AvgIpc) is 2.46. The van der Waals surface area contributed by atoms with Gasteiger partial charge in [-0.2, -0.15) is 17.0 Å². The van der Waals surface area contributed by atoms with Crippen LogP contribution in [0.2, 0.25) is 0 Å². The molecule has 0 bridgehead atoms. The van der Waals surface area contributed by atoms with Gasteiger partial charge in [-0.3, -0.25) is 9.69 Å². The Kier molecular flexibility index (Phi) is 5.95. The van der Waals surface area contributed by atoms with Crippen molar-refractivity contribution >= 4 is 17.7 Å². The molecular weight excluding hydrogens is 260 g/mol. The monoisotopic (exact) mass is 282 g/mol. The molecule has 19 heavy (non-hydrogen) atoms. The number of rotatable bonds is 4. The maximum absolute atomic E-state index is 12.2. The van der Waals surface area contributed by atoms with Gasteiger partial charge < -0.3 is 10.2 Å². The SMILES string of the molecule is N#CCCN1CCN(C(=O)CC2CSCCN2)CC1. The Hall–Kier alpha value is -0.770. The number of hydrogen-bond acceptors (Lipinski definition) is 5. The van der Waals surface area contributed by atoms with E-state index in [-0.39, 0.29) is 5.91 Å². The Morgan fingerprint density at radius 1 is 1.37 bits per heavy atom. The van der Waals surface area contributed by atoms with Gasteiger partial charge >= 0.3 is 0 Å². The fourth-order valence-electron chi connectivity index (χ4n) is 2.52. The van der Waals surface area contributed by atoms with E-state index in [0.717, 1.165) is 50.8 Å². The van der Waals surface area contributed by atoms with Gasteiger partial charge in [-0.1, -0.05) is 0 Å². The molecule has 1 amide bonds. The maximum atomic E-state index is 12.2. The molecular formula is C13H22N4OS. The Morgan fingerprint density at radius 3 is 2.79 bits per heavy atom. The van der Waals surface area contributed by atoms with E-state index in [2.05, 4.69) is 16.3 Å². The fraction of sp³-hybridized carbons (Fsp3) is 0.846. The first-order chi connectivity index (χ1) is 9.29. The summed E-state index contributed by atoms with van der Waals surface area (Å²) in [6, 6.07) is 2.52. The normalized spacial score (nSPS) is 25.0. The van der Waals surface area contributed by atoms with Crippen molar-refractivity contribution in [3.63, 3.8) is 0 Å². The van der Waals surface area contributed by atoms with E-state index < -0.39 is 0 Å². The summed E-state index contributed by atoms with van der Waals surface area (Å²) < 4.78 is 0. The highest BCUT2D eigenvalue weighted by Crippen LogP contribution is 2.12. The predicted molar refractivity (Wildman–Crippen MR) is 77.0 cm³/mol. The van der Waals surface area contributed by atoms with Crippen LogP contribution in [0.3, 0.4) is 0 Å². The minimum absolute atomic E-state index is 0.278. The lowest BCUT2D eigenvalue weighted by Crippen LogP contribution is -2.50. The van der Waals surface area contributed by atoms with E-state index in [4.69, 9.17) is 5.26 Å². The molecule has 2 rings (SSSR count). The molecule has 0 aromatic carbocycles. The van der Waals surface area contributed by atoms with Crippen molar-refractivity contribution < 1.29 is 4.79 Å². The largest absolute Gasteiger partial charge is 0.340 e. The van der Waals surface area contributed by atoms with Gasteiger partial charge in [0.05, 0.1) is 6.07 Å². The summed E-state index contributed by atoms with van der Waals surface area (Å²) in [7, 11) is 0. The number of carbonyl (C=O) groups is 1. The summed E-state index contributed by atoms with van der Waals surface area (Å²) in [5.74, 6) is 2.48. The number of thioether (sulfide) groups is 1. The Morgan fingerprint density at radius 2 is 2.16 bits per heavy atom. The van der Waals surface area contributed by atoms with Crippen LogP contribution in [-0.4, -0.2) is 72.5 Å². The highest BCUT2D eigenvalue weighted by molar-refractivity contribution is 7.99. The summed E-state index contributed by atoms with van der Waals surface area (Å²) in [6.07, 6.45) is 1.21. The Bertz CT molecular complexity index is 330. The summed E-state index contributed by atoms with van der Waals surface area (Å²) in [6.45, 7) is 5.28. The number of nitrogens with one attached hydrogen (secondary N) is 1. The number of hydrogen-bond donors (Lipinski definition) is 1. The molecule has 0 aliphatic carbocycles. The van der Waals surface area contributed by atoms with Gasteiger partial charge in [0.15, 0.2) is 0 Å². The van der Waals surface area contributed by atoms with Crippen molar-refractivity contribution in [2.75, 3.05) is 50.8 Å². The molecule has 2 fully saturated rings. The van der Waals surface area contributed by atoms with Crippen LogP contribution >= 0.6 is 11.8 Å². The second-order valence-electron chi connectivity index (χ2n) is 5.06. The molecule has 2 aliphatic heterocycles. The lowest BCUT2D eigenvalue weighted by atomic mass is 10.2. The molecule has 0 spiro atoms. The Balaban J connectivity index is 1.68. The van der Waals surface area contributed by atoms with Crippen LogP contribution < -0.4 is 5.32 Å². The van der Waals surface area contributed by atoms with E-state index >= 15 is 0 Å². The van der Waals surface area contributed by atoms with Crippen molar-refractivity contribution in [1.29, 1.82) is 5.26 Å². The maximum Gasteiger partial charge on any atom is 0.224 e. The standard InChI is InChI=1S/C13H22N4OS/c14-2-1-4-16-5-7-17(8-6-16)13(18)10-12-11-19-9-3-15-12/h12,15H,1,3-11H2. The second-order valence-corrected chi connectivity index (χ2v) is 6.21. The zero-order valence-electron chi connectivity index (χ0n) is 11.3. The molecule has 1 N–H and O–H groups in total. The lowest BCUT2D eigenvalue weighted by molar-refractivity contribution is -0.133. The number of piperazine rings is 1. The van der Waals surface area contributed by atoms with Crippen LogP contribution in [0.1, 0.15) is 12.8 Å². The van der Waals surface area contributed by atoms with E-state index in [0.29, 0.717) is 18.9 Å². The quantitative estimate of drug-likeness (QED) is 0.795. The molecule has 0 radical (unpaired) electrons. The molecule has 2 heterocycles. The molecule has 2 saturated heterocycles. The van der Waals surface area contributed by atoms with Crippen LogP contribution in [0, 0.1) is 11.3 Å². The predicted octanol–water partition coefficient (Wildman–Crippen LogP) is 0.139. The summed E-state index contributed by atoms with van der Waals surface area (Å²) >= 11 is 1.93.